The van der Waals surface area contributed by atoms with Crippen LogP contribution in [0.25, 0.3) is 11.3 Å². The lowest BCUT2D eigenvalue weighted by Gasteiger charge is -2.08. The highest BCUT2D eigenvalue weighted by atomic mass is 79.9. The molecule has 0 saturated heterocycles. The zero-order valence-electron chi connectivity index (χ0n) is 7.76. The van der Waals surface area contributed by atoms with Crippen LogP contribution in [0.15, 0.2) is 28.9 Å². The van der Waals surface area contributed by atoms with E-state index in [-0.39, 0.29) is 0 Å². The van der Waals surface area contributed by atoms with Gasteiger partial charge in [0.15, 0.2) is 0 Å². The van der Waals surface area contributed by atoms with Crippen LogP contribution in [-0.4, -0.2) is 4.98 Å². The van der Waals surface area contributed by atoms with Crippen LogP contribution >= 0.6 is 15.9 Å². The second-order valence-corrected chi connectivity index (χ2v) is 4.41. The number of halogens is 1. The quantitative estimate of drug-likeness (QED) is 0.772. The number of aromatic amines is 1. The molecule has 2 heteroatoms. The van der Waals surface area contributed by atoms with Gasteiger partial charge in [-0.3, -0.25) is 0 Å². The van der Waals surface area contributed by atoms with Gasteiger partial charge in [-0.1, -0.05) is 41.9 Å². The normalized spacial score (nSPS) is 11.4. The molecule has 1 N–H and O–H groups in total. The summed E-state index contributed by atoms with van der Waals surface area (Å²) in [5.74, 6) is 0.572. The van der Waals surface area contributed by atoms with Crippen LogP contribution < -0.4 is 0 Å². The summed E-state index contributed by atoms with van der Waals surface area (Å²) in [5.41, 5.74) is 3.91. The fraction of sp³-hybridized carbons (Fsp3) is 0.273. The Morgan fingerprint density at radius 3 is 2.69 bits per heavy atom. The summed E-state index contributed by atoms with van der Waals surface area (Å²) in [6.07, 6.45) is 1.97. The lowest BCUT2D eigenvalue weighted by molar-refractivity contribution is 0.868. The van der Waals surface area contributed by atoms with Crippen molar-refractivity contribution in [3.63, 3.8) is 0 Å². The topological polar surface area (TPSA) is 15.8 Å². The van der Waals surface area contributed by atoms with E-state index in [2.05, 4.69) is 46.9 Å². The molecule has 0 aromatic carbocycles. The molecule has 0 radical (unpaired) electrons. The zero-order valence-corrected chi connectivity index (χ0v) is 9.35. The second-order valence-electron chi connectivity index (χ2n) is 3.56. The van der Waals surface area contributed by atoms with Crippen molar-refractivity contribution in [1.82, 2.24) is 4.98 Å². The molecule has 2 rings (SSSR count). The molecular formula is C11H12BrN. The molecule has 0 saturated carbocycles. The average molecular weight is 238 g/mol. The van der Waals surface area contributed by atoms with Crippen LogP contribution in [0, 0.1) is 0 Å². The first-order chi connectivity index (χ1) is 6.20. The van der Waals surface area contributed by atoms with E-state index in [1.54, 1.807) is 0 Å². The predicted molar refractivity (Wildman–Crippen MR) is 59.2 cm³/mol. The molecule has 0 aromatic heterocycles. The van der Waals surface area contributed by atoms with E-state index in [4.69, 9.17) is 0 Å². The van der Waals surface area contributed by atoms with Gasteiger partial charge in [-0.2, -0.15) is 0 Å². The molecule has 13 heavy (non-hydrogen) atoms. The van der Waals surface area contributed by atoms with Gasteiger partial charge in [-0.05, 0) is 17.5 Å². The Balaban J connectivity index is 2.64. The summed E-state index contributed by atoms with van der Waals surface area (Å²) in [7, 11) is 0. The molecule has 0 aromatic rings. The van der Waals surface area contributed by atoms with Crippen molar-refractivity contribution in [2.24, 2.45) is 0 Å². The van der Waals surface area contributed by atoms with Gasteiger partial charge in [-0.15, -0.1) is 0 Å². The van der Waals surface area contributed by atoms with Gasteiger partial charge in [-0.25, -0.2) is 0 Å². The third-order valence-electron chi connectivity index (χ3n) is 2.32. The summed E-state index contributed by atoms with van der Waals surface area (Å²) in [5, 5.41) is 0. The van der Waals surface area contributed by atoms with Crippen molar-refractivity contribution in [2.45, 2.75) is 19.8 Å². The van der Waals surface area contributed by atoms with E-state index in [1.807, 2.05) is 12.3 Å². The summed E-state index contributed by atoms with van der Waals surface area (Å²) in [6.45, 7) is 4.42. The maximum absolute atomic E-state index is 3.54. The van der Waals surface area contributed by atoms with Gasteiger partial charge in [0, 0.05) is 21.9 Å². The van der Waals surface area contributed by atoms with Crippen LogP contribution in [0.5, 0.6) is 0 Å². The molecular weight excluding hydrogens is 226 g/mol. The molecule has 1 nitrogen and oxygen atoms in total. The minimum Gasteiger partial charge on any atom is -0.361 e. The van der Waals surface area contributed by atoms with E-state index < -0.39 is 0 Å². The second kappa shape index (κ2) is 3.18. The van der Waals surface area contributed by atoms with Crippen LogP contribution in [-0.2, 0) is 0 Å². The molecule has 0 amide bonds. The van der Waals surface area contributed by atoms with Crippen molar-refractivity contribution in [2.75, 3.05) is 0 Å². The largest absolute Gasteiger partial charge is 0.361 e. The number of hydrogen-bond acceptors (Lipinski definition) is 0. The molecule has 1 aliphatic heterocycles. The average Bonchev–Trinajstić information content (AvgIpc) is 2.48. The lowest BCUT2D eigenvalue weighted by atomic mass is 10.0. The Kier molecular flexibility index (Phi) is 2.16. The number of hydrogen-bond donors (Lipinski definition) is 1. The fourth-order valence-corrected chi connectivity index (χ4v) is 2.09. The van der Waals surface area contributed by atoms with Crippen molar-refractivity contribution in [3.8, 4) is 11.3 Å². The molecule has 0 spiro atoms. The van der Waals surface area contributed by atoms with E-state index in [9.17, 15) is 0 Å². The molecule has 1 heterocycles. The van der Waals surface area contributed by atoms with Crippen molar-refractivity contribution < 1.29 is 0 Å². The first kappa shape index (κ1) is 8.82. The molecule has 1 aliphatic carbocycles. The third-order valence-corrected chi connectivity index (χ3v) is 3.02. The molecule has 0 atom stereocenters. The van der Waals surface area contributed by atoms with Gasteiger partial charge < -0.3 is 4.98 Å². The molecule has 68 valence electrons. The molecule has 0 bridgehead atoms. The van der Waals surface area contributed by atoms with Crippen LogP contribution in [0.4, 0.5) is 0 Å². The number of pyridine rings is 1. The van der Waals surface area contributed by atoms with Crippen LogP contribution in [0.2, 0.25) is 0 Å². The molecule has 0 unspecified atom stereocenters. The van der Waals surface area contributed by atoms with Crippen molar-refractivity contribution in [3.05, 3.63) is 34.4 Å². The van der Waals surface area contributed by atoms with Crippen molar-refractivity contribution in [1.29, 1.82) is 0 Å². The number of aromatic nitrogens is 1. The highest BCUT2D eigenvalue weighted by molar-refractivity contribution is 9.10. The first-order valence-corrected chi connectivity index (χ1v) is 5.25. The Morgan fingerprint density at radius 2 is 2.00 bits per heavy atom. The summed E-state index contributed by atoms with van der Waals surface area (Å²) >= 11 is 3.54. The summed E-state index contributed by atoms with van der Waals surface area (Å²) < 4.78 is 1.16. The number of nitrogens with one attached hydrogen (secondary N) is 1. The monoisotopic (exact) mass is 237 g/mol. The fourth-order valence-electron chi connectivity index (χ4n) is 1.62. The summed E-state index contributed by atoms with van der Waals surface area (Å²) in [4.78, 5) is 3.29. The SMILES string of the molecule is CC(C)c1ccc2c(Br)cc[nH]c1-2. The molecule has 2 aliphatic rings. The highest BCUT2D eigenvalue weighted by Crippen LogP contribution is 2.35. The Morgan fingerprint density at radius 1 is 1.23 bits per heavy atom. The standard InChI is InChI=1S/C11H12BrN/c1-7(2)8-3-4-9-10(12)5-6-13-11(8)9/h3-7,13H,1-2H3. The number of H-pyrrole nitrogens is 1. The zero-order chi connectivity index (χ0) is 9.42. The van der Waals surface area contributed by atoms with Gasteiger partial charge in [0.2, 0.25) is 0 Å². The Bertz CT molecular complexity index is 389. The Hall–Kier alpha value is -0.760. The van der Waals surface area contributed by atoms with Gasteiger partial charge >= 0.3 is 0 Å². The van der Waals surface area contributed by atoms with Crippen molar-refractivity contribution >= 4 is 15.9 Å². The van der Waals surface area contributed by atoms with E-state index >= 15 is 0 Å². The minimum absolute atomic E-state index is 0.572. The van der Waals surface area contributed by atoms with Crippen LogP contribution in [0.3, 0.4) is 0 Å². The maximum Gasteiger partial charge on any atom is 0.0499 e. The van der Waals surface area contributed by atoms with E-state index in [0.29, 0.717) is 5.92 Å². The first-order valence-electron chi connectivity index (χ1n) is 4.45. The minimum atomic E-state index is 0.572. The van der Waals surface area contributed by atoms with Crippen LogP contribution in [0.1, 0.15) is 25.3 Å². The van der Waals surface area contributed by atoms with Gasteiger partial charge in [0.25, 0.3) is 0 Å². The highest BCUT2D eigenvalue weighted by Gasteiger charge is 2.13. The van der Waals surface area contributed by atoms with Gasteiger partial charge in [0.1, 0.15) is 0 Å². The van der Waals surface area contributed by atoms with E-state index in [0.717, 1.165) is 4.47 Å². The number of fused-ring (bicyclic) bond motifs is 1. The lowest BCUT2D eigenvalue weighted by Crippen LogP contribution is -1.90. The Labute approximate surface area is 86.6 Å². The third kappa shape index (κ3) is 1.39. The number of rotatable bonds is 1. The maximum atomic E-state index is 3.54. The summed E-state index contributed by atoms with van der Waals surface area (Å²) in [6, 6.07) is 6.38. The molecule has 0 fully saturated rings. The predicted octanol–water partition coefficient (Wildman–Crippen LogP) is 4.01. The van der Waals surface area contributed by atoms with Gasteiger partial charge in [0.05, 0.1) is 0 Å². The smallest absolute Gasteiger partial charge is 0.0499 e. The van der Waals surface area contributed by atoms with E-state index in [1.165, 1.54) is 16.8 Å².